The van der Waals surface area contributed by atoms with Gasteiger partial charge >= 0.3 is 0 Å². The maximum Gasteiger partial charge on any atom is 0.274 e. The minimum Gasteiger partial charge on any atom is -0.487 e. The molecular weight excluding hydrogens is 589 g/mol. The Morgan fingerprint density at radius 1 is 1.05 bits per heavy atom. The van der Waals surface area contributed by atoms with Crippen LogP contribution in [-0.4, -0.2) is 52.7 Å². The van der Waals surface area contributed by atoms with Crippen molar-refractivity contribution < 1.29 is 19.5 Å². The normalized spacial score (nSPS) is 10.9. The zero-order valence-corrected chi connectivity index (χ0v) is 25.0. The highest BCUT2D eigenvalue weighted by Crippen LogP contribution is 2.24. The number of hydrogen-bond acceptors (Lipinski definition) is 11. The number of hydroxylamine groups is 1. The van der Waals surface area contributed by atoms with Crippen LogP contribution in [0.5, 0.6) is 5.75 Å². The maximum absolute atomic E-state index is 12.4. The topological polar surface area (TPSA) is 157 Å². The lowest BCUT2D eigenvalue weighted by molar-refractivity contribution is -0.113. The number of rotatable bonds is 12. The SMILES string of the molecule is Cc1cc(C)nc(SCC(=O)Nc2ncc(Cc3cccc(OCc4cn(Cc5ccc(C(=O)NO)cc5)nn4)c3)s2)n1. The van der Waals surface area contributed by atoms with Gasteiger partial charge in [-0.05, 0) is 55.3 Å². The molecule has 220 valence electrons. The number of amides is 2. The molecule has 0 aliphatic carbocycles. The van der Waals surface area contributed by atoms with Crippen molar-refractivity contribution in [1.29, 1.82) is 0 Å². The second-order valence-corrected chi connectivity index (χ2v) is 11.6. The number of carbonyl (C=O) groups is 2. The Kier molecular flexibility index (Phi) is 9.71. The summed E-state index contributed by atoms with van der Waals surface area (Å²) in [5, 5.41) is 21.1. The number of nitrogens with zero attached hydrogens (tertiary/aromatic N) is 6. The Bertz CT molecular complexity index is 1700. The number of thioether (sulfide) groups is 1. The standard InChI is InChI=1S/C29H28N8O4S2/c1-18-10-19(2)32-29(31-18)42-17-26(38)33-28-30-13-25(43-28)12-21-4-3-5-24(11-21)41-16-23-15-37(36-34-23)14-20-6-8-22(9-7-20)27(39)35-40/h3-11,13,15,40H,12,14,16-17H2,1-2H3,(H,35,39)(H,30,33,38). The van der Waals surface area contributed by atoms with Crippen LogP contribution in [0.3, 0.4) is 0 Å². The Morgan fingerprint density at radius 3 is 2.60 bits per heavy atom. The molecule has 3 heterocycles. The monoisotopic (exact) mass is 616 g/mol. The third-order valence-corrected chi connectivity index (χ3v) is 7.77. The van der Waals surface area contributed by atoms with E-state index in [-0.39, 0.29) is 18.3 Å². The molecule has 0 radical (unpaired) electrons. The molecule has 0 saturated heterocycles. The van der Waals surface area contributed by atoms with E-state index in [1.807, 2.05) is 44.2 Å². The summed E-state index contributed by atoms with van der Waals surface area (Å²) in [7, 11) is 0. The predicted molar refractivity (Wildman–Crippen MR) is 161 cm³/mol. The fraction of sp³-hybridized carbons (Fsp3) is 0.207. The number of anilines is 1. The zero-order valence-electron chi connectivity index (χ0n) is 23.4. The van der Waals surface area contributed by atoms with Crippen LogP contribution >= 0.6 is 23.1 Å². The number of hydrogen-bond donors (Lipinski definition) is 3. The molecule has 5 aromatic rings. The molecule has 3 N–H and O–H groups in total. The highest BCUT2D eigenvalue weighted by atomic mass is 32.2. The zero-order chi connectivity index (χ0) is 30.2. The van der Waals surface area contributed by atoms with Gasteiger partial charge in [0.1, 0.15) is 18.1 Å². The van der Waals surface area contributed by atoms with Gasteiger partial charge < -0.3 is 10.1 Å². The lowest BCUT2D eigenvalue weighted by Crippen LogP contribution is -2.18. The molecule has 0 bridgehead atoms. The van der Waals surface area contributed by atoms with E-state index in [4.69, 9.17) is 9.94 Å². The molecule has 2 amide bonds. The first kappa shape index (κ1) is 29.8. The van der Waals surface area contributed by atoms with Crippen molar-refractivity contribution in [2.75, 3.05) is 11.1 Å². The van der Waals surface area contributed by atoms with E-state index in [1.54, 1.807) is 46.8 Å². The van der Waals surface area contributed by atoms with Gasteiger partial charge in [0.2, 0.25) is 5.91 Å². The first-order valence-electron chi connectivity index (χ1n) is 13.2. The van der Waals surface area contributed by atoms with Gasteiger partial charge in [-0.15, -0.1) is 16.4 Å². The smallest absolute Gasteiger partial charge is 0.274 e. The Morgan fingerprint density at radius 2 is 1.84 bits per heavy atom. The highest BCUT2D eigenvalue weighted by Gasteiger charge is 2.11. The van der Waals surface area contributed by atoms with E-state index in [9.17, 15) is 9.59 Å². The summed E-state index contributed by atoms with van der Waals surface area (Å²) in [6.45, 7) is 4.53. The first-order valence-corrected chi connectivity index (χ1v) is 15.0. The molecule has 12 nitrogen and oxygen atoms in total. The summed E-state index contributed by atoms with van der Waals surface area (Å²) in [5.41, 5.74) is 6.36. The summed E-state index contributed by atoms with van der Waals surface area (Å²) >= 11 is 2.72. The lowest BCUT2D eigenvalue weighted by atomic mass is 10.1. The number of carbonyl (C=O) groups excluding carboxylic acids is 2. The van der Waals surface area contributed by atoms with Crippen molar-refractivity contribution in [1.82, 2.24) is 35.4 Å². The summed E-state index contributed by atoms with van der Waals surface area (Å²) in [4.78, 5) is 38.0. The van der Waals surface area contributed by atoms with Crippen molar-refractivity contribution in [3.63, 3.8) is 0 Å². The maximum atomic E-state index is 12.4. The number of aromatic nitrogens is 6. The molecule has 0 atom stereocenters. The Hall–Kier alpha value is -4.66. The van der Waals surface area contributed by atoms with Crippen LogP contribution in [-0.2, 0) is 24.4 Å². The molecule has 0 aliphatic rings. The van der Waals surface area contributed by atoms with Crippen LogP contribution in [0.2, 0.25) is 0 Å². The molecule has 3 aromatic heterocycles. The molecule has 0 fully saturated rings. The van der Waals surface area contributed by atoms with Crippen molar-refractivity contribution >= 4 is 40.0 Å². The van der Waals surface area contributed by atoms with Crippen LogP contribution in [0.1, 0.15) is 43.4 Å². The first-order chi connectivity index (χ1) is 20.8. The van der Waals surface area contributed by atoms with Crippen LogP contribution in [0.15, 0.2) is 72.1 Å². The largest absolute Gasteiger partial charge is 0.487 e. The number of thiazole rings is 1. The van der Waals surface area contributed by atoms with Gasteiger partial charge in [-0.3, -0.25) is 14.8 Å². The highest BCUT2D eigenvalue weighted by molar-refractivity contribution is 7.99. The van der Waals surface area contributed by atoms with Crippen molar-refractivity contribution in [2.45, 2.75) is 38.6 Å². The van der Waals surface area contributed by atoms with Gasteiger partial charge in [-0.2, -0.15) is 0 Å². The van der Waals surface area contributed by atoms with Crippen LogP contribution in [0.25, 0.3) is 0 Å². The molecule has 0 spiro atoms. The van der Waals surface area contributed by atoms with Gasteiger partial charge in [0, 0.05) is 34.4 Å². The van der Waals surface area contributed by atoms with E-state index in [1.165, 1.54) is 23.1 Å². The van der Waals surface area contributed by atoms with E-state index in [0.29, 0.717) is 40.3 Å². The molecular formula is C29H28N8O4S2. The summed E-state index contributed by atoms with van der Waals surface area (Å²) < 4.78 is 7.65. The second-order valence-electron chi connectivity index (χ2n) is 9.56. The van der Waals surface area contributed by atoms with Crippen LogP contribution in [0, 0.1) is 13.8 Å². The van der Waals surface area contributed by atoms with Gasteiger partial charge in [0.15, 0.2) is 10.3 Å². The van der Waals surface area contributed by atoms with E-state index in [2.05, 4.69) is 30.6 Å². The van der Waals surface area contributed by atoms with Gasteiger partial charge in [-0.25, -0.2) is 25.1 Å². The molecule has 43 heavy (non-hydrogen) atoms. The molecule has 0 aliphatic heterocycles. The fourth-order valence-electron chi connectivity index (χ4n) is 4.09. The number of aryl methyl sites for hydroxylation is 2. The third-order valence-electron chi connectivity index (χ3n) is 6.01. The van der Waals surface area contributed by atoms with Crippen LogP contribution < -0.4 is 15.5 Å². The predicted octanol–water partition coefficient (Wildman–Crippen LogP) is 4.21. The Labute approximate surface area is 255 Å². The fourth-order valence-corrected chi connectivity index (χ4v) is 5.70. The van der Waals surface area contributed by atoms with Crippen molar-refractivity contribution in [3.05, 3.63) is 106 Å². The van der Waals surface area contributed by atoms with E-state index >= 15 is 0 Å². The lowest BCUT2D eigenvalue weighted by Gasteiger charge is -2.06. The summed E-state index contributed by atoms with van der Waals surface area (Å²) in [5.74, 6) is 0.176. The van der Waals surface area contributed by atoms with E-state index in [0.717, 1.165) is 27.4 Å². The average molecular weight is 617 g/mol. The minimum absolute atomic E-state index is 0.161. The number of benzene rings is 2. The molecule has 2 aromatic carbocycles. The number of ether oxygens (including phenoxy) is 1. The summed E-state index contributed by atoms with van der Waals surface area (Å²) in [6.07, 6.45) is 4.21. The molecule has 0 unspecified atom stereocenters. The molecule has 5 rings (SSSR count). The molecule has 0 saturated carbocycles. The second kappa shape index (κ2) is 14.0. The van der Waals surface area contributed by atoms with Gasteiger partial charge in [0.05, 0.1) is 18.5 Å². The molecule has 14 heteroatoms. The minimum atomic E-state index is -0.563. The summed E-state index contributed by atoms with van der Waals surface area (Å²) in [6, 6.07) is 16.5. The van der Waals surface area contributed by atoms with Crippen molar-refractivity contribution in [3.8, 4) is 5.75 Å². The quantitative estimate of drug-likeness (QED) is 0.0803. The van der Waals surface area contributed by atoms with E-state index < -0.39 is 5.91 Å². The Balaban J connectivity index is 1.09. The number of nitrogens with one attached hydrogen (secondary N) is 2. The van der Waals surface area contributed by atoms with Gasteiger partial charge in [-0.1, -0.05) is 41.2 Å². The third kappa shape index (κ3) is 8.67. The van der Waals surface area contributed by atoms with Gasteiger partial charge in [0.25, 0.3) is 5.91 Å². The van der Waals surface area contributed by atoms with Crippen LogP contribution in [0.4, 0.5) is 5.13 Å². The van der Waals surface area contributed by atoms with Crippen molar-refractivity contribution in [2.24, 2.45) is 0 Å². The average Bonchev–Trinajstić information content (AvgIpc) is 3.63.